The highest BCUT2D eigenvalue weighted by Gasteiger charge is 2.14. The molecule has 0 aliphatic rings. The Kier molecular flexibility index (Phi) is 1.87. The lowest BCUT2D eigenvalue weighted by Crippen LogP contribution is -2.41. The van der Waals surface area contributed by atoms with Crippen molar-refractivity contribution in [1.82, 2.24) is 0 Å². The molecule has 0 amide bonds. The molecule has 0 aromatic carbocycles. The van der Waals surface area contributed by atoms with Crippen LogP contribution >= 0.6 is 0 Å². The summed E-state index contributed by atoms with van der Waals surface area (Å²) < 4.78 is 0. The minimum absolute atomic E-state index is 0.000000000000000222. The van der Waals surface area contributed by atoms with Crippen LogP contribution in [-0.4, -0.2) is 13.3 Å². The maximum absolute atomic E-state index is 5.68. The van der Waals surface area contributed by atoms with Crippen molar-refractivity contribution in [3.63, 3.8) is 0 Å². The van der Waals surface area contributed by atoms with E-state index in [9.17, 15) is 0 Å². The molecule has 1 atom stereocenters. The van der Waals surface area contributed by atoms with Crippen LogP contribution in [0.1, 0.15) is 20.8 Å². The van der Waals surface area contributed by atoms with E-state index in [2.05, 4.69) is 13.8 Å². The van der Waals surface area contributed by atoms with Gasteiger partial charge in [0.25, 0.3) is 0 Å². The topological polar surface area (TPSA) is 26.0 Å². The summed E-state index contributed by atoms with van der Waals surface area (Å²) in [6, 6.07) is 0. The SMILES string of the molecule is BC(C)(N)C(C)C. The molecule has 0 saturated heterocycles. The molecule has 0 heterocycles. The lowest BCUT2D eigenvalue weighted by Gasteiger charge is -2.22. The minimum atomic E-state index is 0.000000000000000222. The summed E-state index contributed by atoms with van der Waals surface area (Å²) in [5, 5.41) is 0. The molecule has 0 aliphatic carbocycles. The average molecular weight is 99.0 g/mol. The number of rotatable bonds is 1. The van der Waals surface area contributed by atoms with Gasteiger partial charge in [-0.25, -0.2) is 0 Å². The lowest BCUT2D eigenvalue weighted by molar-refractivity contribution is 0.471. The van der Waals surface area contributed by atoms with Crippen LogP contribution in [-0.2, 0) is 0 Å². The molecule has 1 nitrogen and oxygen atoms in total. The van der Waals surface area contributed by atoms with E-state index < -0.39 is 0 Å². The Morgan fingerprint density at radius 2 is 1.71 bits per heavy atom. The van der Waals surface area contributed by atoms with Crippen molar-refractivity contribution >= 4 is 7.85 Å². The first-order chi connectivity index (χ1) is 2.94. The predicted molar refractivity (Wildman–Crippen MR) is 36.0 cm³/mol. The fourth-order valence-corrected chi connectivity index (χ4v) is 0. The van der Waals surface area contributed by atoms with Crippen molar-refractivity contribution in [2.75, 3.05) is 0 Å². The van der Waals surface area contributed by atoms with Crippen molar-refractivity contribution in [3.05, 3.63) is 0 Å². The van der Waals surface area contributed by atoms with E-state index in [0.717, 1.165) is 0 Å². The molecule has 2 heteroatoms. The van der Waals surface area contributed by atoms with E-state index in [1.807, 2.05) is 14.8 Å². The van der Waals surface area contributed by atoms with E-state index in [4.69, 9.17) is 5.73 Å². The standard InChI is InChI=1S/C5H14BN/c1-4(2)5(3,6)7/h4H,6-7H2,1-3H3. The van der Waals surface area contributed by atoms with Crippen molar-refractivity contribution < 1.29 is 0 Å². The summed E-state index contributed by atoms with van der Waals surface area (Å²) in [5.41, 5.74) is 5.68. The van der Waals surface area contributed by atoms with Crippen molar-refractivity contribution in [2.24, 2.45) is 11.7 Å². The van der Waals surface area contributed by atoms with Gasteiger partial charge in [-0.3, -0.25) is 0 Å². The summed E-state index contributed by atoms with van der Waals surface area (Å²) in [4.78, 5) is 0. The molecule has 0 radical (unpaired) electrons. The molecular formula is C5H14BN. The van der Waals surface area contributed by atoms with Crippen LogP contribution in [0.2, 0.25) is 0 Å². The first-order valence-electron chi connectivity index (χ1n) is 2.73. The fraction of sp³-hybridized carbons (Fsp3) is 1.00. The second-order valence-corrected chi connectivity index (χ2v) is 2.98. The molecule has 0 spiro atoms. The summed E-state index contributed by atoms with van der Waals surface area (Å²) in [6.07, 6.45) is 0. The zero-order valence-corrected chi connectivity index (χ0v) is 5.65. The van der Waals surface area contributed by atoms with Gasteiger partial charge in [-0.2, -0.15) is 0 Å². The normalized spacial score (nSPS) is 19.6. The van der Waals surface area contributed by atoms with Crippen LogP contribution in [0.25, 0.3) is 0 Å². The maximum Gasteiger partial charge on any atom is 0.127 e. The van der Waals surface area contributed by atoms with E-state index in [1.165, 1.54) is 0 Å². The van der Waals surface area contributed by atoms with Gasteiger partial charge in [0.1, 0.15) is 7.85 Å². The van der Waals surface area contributed by atoms with Gasteiger partial charge < -0.3 is 5.73 Å². The van der Waals surface area contributed by atoms with Gasteiger partial charge in [0.15, 0.2) is 0 Å². The van der Waals surface area contributed by atoms with E-state index >= 15 is 0 Å². The minimum Gasteiger partial charge on any atom is -0.332 e. The van der Waals surface area contributed by atoms with Gasteiger partial charge in [0.2, 0.25) is 0 Å². The van der Waals surface area contributed by atoms with Gasteiger partial charge in [0.05, 0.1) is 0 Å². The number of nitrogens with two attached hydrogens (primary N) is 1. The van der Waals surface area contributed by atoms with Gasteiger partial charge in [-0.1, -0.05) is 20.8 Å². The predicted octanol–water partition coefficient (Wildman–Crippen LogP) is -0.0496. The van der Waals surface area contributed by atoms with Crippen LogP contribution < -0.4 is 5.73 Å². The molecule has 0 aliphatic heterocycles. The molecule has 0 aromatic heterocycles. The Bertz CT molecular complexity index is 53.6. The molecular weight excluding hydrogens is 84.9 g/mol. The Hall–Kier alpha value is 0.0249. The van der Waals surface area contributed by atoms with Crippen molar-refractivity contribution in [3.8, 4) is 0 Å². The quantitative estimate of drug-likeness (QED) is 0.458. The lowest BCUT2D eigenvalue weighted by atomic mass is 9.72. The summed E-state index contributed by atoms with van der Waals surface area (Å²) in [6.45, 7) is 6.29. The highest BCUT2D eigenvalue weighted by molar-refractivity contribution is 6.14. The molecule has 42 valence electrons. The van der Waals surface area contributed by atoms with Crippen molar-refractivity contribution in [2.45, 2.75) is 26.2 Å². The van der Waals surface area contributed by atoms with E-state index in [1.54, 1.807) is 0 Å². The molecule has 0 fully saturated rings. The molecule has 0 aromatic rings. The van der Waals surface area contributed by atoms with Crippen molar-refractivity contribution in [1.29, 1.82) is 0 Å². The second-order valence-electron chi connectivity index (χ2n) is 2.98. The first-order valence-corrected chi connectivity index (χ1v) is 2.73. The number of hydrogen-bond donors (Lipinski definition) is 1. The molecule has 2 N–H and O–H groups in total. The first kappa shape index (κ1) is 7.02. The molecule has 0 bridgehead atoms. The number of hydrogen-bond acceptors (Lipinski definition) is 1. The Balaban J connectivity index is 3.54. The molecule has 7 heavy (non-hydrogen) atoms. The van der Waals surface area contributed by atoms with Crippen LogP contribution in [0.5, 0.6) is 0 Å². The van der Waals surface area contributed by atoms with E-state index in [0.29, 0.717) is 5.92 Å². The molecule has 1 unspecified atom stereocenters. The van der Waals surface area contributed by atoms with Gasteiger partial charge in [-0.15, -0.1) is 0 Å². The summed E-state index contributed by atoms with van der Waals surface area (Å²) >= 11 is 0. The Labute approximate surface area is 46.7 Å². The van der Waals surface area contributed by atoms with Crippen LogP contribution in [0.15, 0.2) is 0 Å². The van der Waals surface area contributed by atoms with E-state index in [-0.39, 0.29) is 5.44 Å². The highest BCUT2D eigenvalue weighted by Crippen LogP contribution is 2.05. The second kappa shape index (κ2) is 1.87. The zero-order valence-electron chi connectivity index (χ0n) is 5.65. The largest absolute Gasteiger partial charge is 0.332 e. The Morgan fingerprint density at radius 1 is 1.57 bits per heavy atom. The molecule has 0 rings (SSSR count). The van der Waals surface area contributed by atoms with Crippen LogP contribution in [0, 0.1) is 5.92 Å². The van der Waals surface area contributed by atoms with Gasteiger partial charge >= 0.3 is 0 Å². The van der Waals surface area contributed by atoms with Gasteiger partial charge in [-0.05, 0) is 11.4 Å². The summed E-state index contributed by atoms with van der Waals surface area (Å²) in [7, 11) is 2.04. The smallest absolute Gasteiger partial charge is 0.127 e. The van der Waals surface area contributed by atoms with Crippen LogP contribution in [0.4, 0.5) is 0 Å². The monoisotopic (exact) mass is 99.1 g/mol. The third kappa shape index (κ3) is 2.69. The average Bonchev–Trinajstić information content (AvgIpc) is 1.31. The third-order valence-corrected chi connectivity index (χ3v) is 1.49. The zero-order chi connectivity index (χ0) is 6.08. The maximum atomic E-state index is 5.68. The van der Waals surface area contributed by atoms with Crippen LogP contribution in [0.3, 0.4) is 0 Å². The summed E-state index contributed by atoms with van der Waals surface area (Å²) in [5.74, 6) is 0.576. The van der Waals surface area contributed by atoms with Gasteiger partial charge in [0, 0.05) is 0 Å². The fourth-order valence-electron chi connectivity index (χ4n) is 0. The Morgan fingerprint density at radius 3 is 1.71 bits per heavy atom. The third-order valence-electron chi connectivity index (χ3n) is 1.49. The molecule has 0 saturated carbocycles. The highest BCUT2D eigenvalue weighted by atomic mass is 14.7.